The number of benzene rings is 2. The van der Waals surface area contributed by atoms with E-state index in [-0.39, 0.29) is 23.4 Å². The molecule has 0 aliphatic heterocycles. The molecule has 1 N–H and O–H groups in total. The van der Waals surface area contributed by atoms with Gasteiger partial charge in [0.25, 0.3) is 10.0 Å². The first-order valence-corrected chi connectivity index (χ1v) is 12.5. The highest BCUT2D eigenvalue weighted by Gasteiger charge is 2.40. The maximum absolute atomic E-state index is 13.4. The summed E-state index contributed by atoms with van der Waals surface area (Å²) >= 11 is 5.93. The maximum Gasteiger partial charge on any atom is 0.264 e. The number of hydrogen-bond donors (Lipinski definition) is 1. The minimum Gasteiger partial charge on any atom is -0.494 e. The molecule has 0 spiro atoms. The molecule has 4 rings (SSSR count). The smallest absolute Gasteiger partial charge is 0.264 e. The van der Waals surface area contributed by atoms with Gasteiger partial charge in [0.05, 0.1) is 17.2 Å². The monoisotopic (exact) mass is 462 g/mol. The number of carbonyl (C=O) groups is 1. The number of carbonyl (C=O) groups excluding carboxylic acids is 1. The van der Waals surface area contributed by atoms with Crippen molar-refractivity contribution in [3.8, 4) is 5.75 Å². The molecule has 6 nitrogen and oxygen atoms in total. The van der Waals surface area contributed by atoms with Crippen molar-refractivity contribution in [3.05, 3.63) is 53.6 Å². The van der Waals surface area contributed by atoms with Crippen LogP contribution in [0.4, 0.5) is 5.69 Å². The normalized spacial score (nSPS) is 22.3. The van der Waals surface area contributed by atoms with Crippen molar-refractivity contribution in [1.29, 1.82) is 0 Å². The quantitative estimate of drug-likeness (QED) is 0.636. The van der Waals surface area contributed by atoms with Crippen LogP contribution in [0.2, 0.25) is 5.02 Å². The molecule has 2 aliphatic carbocycles. The second-order valence-corrected chi connectivity index (χ2v) is 10.5. The molecular weight excluding hydrogens is 436 g/mol. The third-order valence-corrected chi connectivity index (χ3v) is 8.25. The Kier molecular flexibility index (Phi) is 6.44. The third-order valence-electron chi connectivity index (χ3n) is 6.21. The van der Waals surface area contributed by atoms with Gasteiger partial charge in [-0.05, 0) is 86.6 Å². The average molecular weight is 463 g/mol. The molecule has 31 heavy (non-hydrogen) atoms. The van der Waals surface area contributed by atoms with Crippen LogP contribution in [-0.2, 0) is 14.8 Å². The second-order valence-electron chi connectivity index (χ2n) is 8.24. The first-order chi connectivity index (χ1) is 14.9. The van der Waals surface area contributed by atoms with Crippen LogP contribution in [0.25, 0.3) is 0 Å². The van der Waals surface area contributed by atoms with Crippen molar-refractivity contribution < 1.29 is 17.9 Å². The molecule has 166 valence electrons. The Morgan fingerprint density at radius 2 is 1.81 bits per heavy atom. The van der Waals surface area contributed by atoms with E-state index in [4.69, 9.17) is 16.3 Å². The molecule has 2 saturated carbocycles. The van der Waals surface area contributed by atoms with Crippen LogP contribution in [0.15, 0.2) is 53.4 Å². The molecule has 2 bridgehead atoms. The van der Waals surface area contributed by atoms with E-state index in [0.29, 0.717) is 34.9 Å². The summed E-state index contributed by atoms with van der Waals surface area (Å²) < 4.78 is 33.5. The van der Waals surface area contributed by atoms with Crippen LogP contribution >= 0.6 is 11.6 Å². The van der Waals surface area contributed by atoms with E-state index in [0.717, 1.165) is 23.6 Å². The number of amides is 1. The summed E-state index contributed by atoms with van der Waals surface area (Å²) in [5, 5.41) is 3.53. The zero-order valence-electron chi connectivity index (χ0n) is 17.5. The number of ether oxygens (including phenoxy) is 1. The van der Waals surface area contributed by atoms with Gasteiger partial charge < -0.3 is 10.1 Å². The van der Waals surface area contributed by atoms with Crippen molar-refractivity contribution in [1.82, 2.24) is 5.32 Å². The summed E-state index contributed by atoms with van der Waals surface area (Å²) in [6, 6.07) is 12.8. The fraction of sp³-hybridized carbons (Fsp3) is 0.435. The van der Waals surface area contributed by atoms with Crippen LogP contribution in [0.5, 0.6) is 5.75 Å². The Morgan fingerprint density at radius 1 is 1.10 bits per heavy atom. The molecule has 2 aliphatic rings. The Hall–Kier alpha value is -2.25. The summed E-state index contributed by atoms with van der Waals surface area (Å²) in [4.78, 5) is 13.0. The fourth-order valence-corrected chi connectivity index (χ4v) is 6.28. The molecular formula is C23H27ClN2O4S. The number of sulfonamides is 1. The van der Waals surface area contributed by atoms with Gasteiger partial charge in [-0.15, -0.1) is 0 Å². The minimum absolute atomic E-state index is 0.0820. The number of halogens is 1. The van der Waals surface area contributed by atoms with Crippen LogP contribution in [0, 0.1) is 11.8 Å². The largest absolute Gasteiger partial charge is 0.494 e. The highest BCUT2D eigenvalue weighted by Crippen LogP contribution is 2.44. The van der Waals surface area contributed by atoms with E-state index in [9.17, 15) is 13.2 Å². The molecule has 0 heterocycles. The molecule has 0 radical (unpaired) electrons. The topological polar surface area (TPSA) is 75.7 Å². The molecule has 2 aromatic carbocycles. The zero-order chi connectivity index (χ0) is 22.0. The van der Waals surface area contributed by atoms with Crippen molar-refractivity contribution >= 4 is 33.2 Å². The maximum atomic E-state index is 13.4. The van der Waals surface area contributed by atoms with E-state index >= 15 is 0 Å². The number of anilines is 1. The third kappa shape index (κ3) is 4.83. The summed E-state index contributed by atoms with van der Waals surface area (Å²) in [6.07, 6.45) is 4.53. The number of nitrogens with zero attached hydrogens (tertiary/aromatic N) is 1. The lowest BCUT2D eigenvalue weighted by molar-refractivity contribution is -0.120. The predicted molar refractivity (Wildman–Crippen MR) is 121 cm³/mol. The molecule has 1 amide bonds. The van der Waals surface area contributed by atoms with Crippen LogP contribution in [-0.4, -0.2) is 33.5 Å². The fourth-order valence-electron chi connectivity index (χ4n) is 4.73. The van der Waals surface area contributed by atoms with Gasteiger partial charge in [0.1, 0.15) is 12.3 Å². The van der Waals surface area contributed by atoms with Crippen LogP contribution in [0.3, 0.4) is 0 Å². The molecule has 2 aromatic rings. The predicted octanol–water partition coefficient (Wildman–Crippen LogP) is 4.24. The highest BCUT2D eigenvalue weighted by molar-refractivity contribution is 7.92. The zero-order valence-corrected chi connectivity index (χ0v) is 19.0. The van der Waals surface area contributed by atoms with Gasteiger partial charge in [-0.1, -0.05) is 18.0 Å². The molecule has 2 fully saturated rings. The lowest BCUT2D eigenvalue weighted by Gasteiger charge is -2.27. The second kappa shape index (κ2) is 9.09. The summed E-state index contributed by atoms with van der Waals surface area (Å²) in [5.74, 6) is 1.56. The molecule has 3 atom stereocenters. The highest BCUT2D eigenvalue weighted by atomic mass is 35.5. The summed E-state index contributed by atoms with van der Waals surface area (Å²) in [7, 11) is -3.96. The van der Waals surface area contributed by atoms with Gasteiger partial charge in [-0.25, -0.2) is 8.42 Å². The molecule has 0 aromatic heterocycles. The van der Waals surface area contributed by atoms with Gasteiger partial charge in [0, 0.05) is 11.1 Å². The Bertz CT molecular complexity index is 1020. The van der Waals surface area contributed by atoms with Gasteiger partial charge in [-0.2, -0.15) is 0 Å². The van der Waals surface area contributed by atoms with Gasteiger partial charge in [-0.3, -0.25) is 9.10 Å². The number of nitrogens with one attached hydrogen (secondary N) is 1. The van der Waals surface area contributed by atoms with E-state index in [1.807, 2.05) is 6.92 Å². The Morgan fingerprint density at radius 3 is 2.39 bits per heavy atom. The Balaban J connectivity index is 1.58. The van der Waals surface area contributed by atoms with E-state index < -0.39 is 10.0 Å². The molecule has 8 heteroatoms. The first-order valence-electron chi connectivity index (χ1n) is 10.7. The lowest BCUT2D eigenvalue weighted by Crippen LogP contribution is -2.45. The first kappa shape index (κ1) is 22.0. The van der Waals surface area contributed by atoms with E-state index in [1.54, 1.807) is 24.3 Å². The number of hydrogen-bond acceptors (Lipinski definition) is 4. The summed E-state index contributed by atoms with van der Waals surface area (Å²) in [5.41, 5.74) is 0.404. The van der Waals surface area contributed by atoms with E-state index in [2.05, 4.69) is 5.32 Å². The molecule has 0 saturated heterocycles. The van der Waals surface area contributed by atoms with Crippen molar-refractivity contribution in [2.45, 2.75) is 43.5 Å². The standard InChI is InChI=1S/C23H27ClN2O4S/c1-2-30-20-9-7-19(8-10-20)26(31(28,29)21-11-5-18(24)6-12-21)15-23(27)25-22-14-16-3-4-17(22)13-16/h5-12,16-17,22H,2-4,13-15H2,1H3,(H,25,27)/t16-,17-,22+/m0/s1. The van der Waals surface area contributed by atoms with Crippen LogP contribution in [0.1, 0.15) is 32.6 Å². The van der Waals surface area contributed by atoms with Crippen molar-refractivity contribution in [3.63, 3.8) is 0 Å². The lowest BCUT2D eigenvalue weighted by atomic mass is 9.95. The van der Waals surface area contributed by atoms with Crippen LogP contribution < -0.4 is 14.4 Å². The Labute approximate surface area is 188 Å². The van der Waals surface area contributed by atoms with Gasteiger partial charge in [0.2, 0.25) is 5.91 Å². The van der Waals surface area contributed by atoms with E-state index in [1.165, 1.54) is 30.7 Å². The van der Waals surface area contributed by atoms with Crippen molar-refractivity contribution in [2.24, 2.45) is 11.8 Å². The SMILES string of the molecule is CCOc1ccc(N(CC(=O)N[C@@H]2C[C@H]3CC[C@H]2C3)S(=O)(=O)c2ccc(Cl)cc2)cc1. The molecule has 0 unspecified atom stereocenters. The van der Waals surface area contributed by atoms with Gasteiger partial charge >= 0.3 is 0 Å². The number of rotatable bonds is 8. The number of fused-ring (bicyclic) bond motifs is 2. The minimum atomic E-state index is -3.96. The van der Waals surface area contributed by atoms with Crippen molar-refractivity contribution in [2.75, 3.05) is 17.5 Å². The van der Waals surface area contributed by atoms with Gasteiger partial charge in [0.15, 0.2) is 0 Å². The summed E-state index contributed by atoms with van der Waals surface area (Å²) in [6.45, 7) is 2.11. The average Bonchev–Trinajstić information content (AvgIpc) is 3.36.